The van der Waals surface area contributed by atoms with Crippen LogP contribution in [-0.2, 0) is 9.59 Å². The molecule has 0 aliphatic heterocycles. The van der Waals surface area contributed by atoms with Gasteiger partial charge in [0.15, 0.2) is 0 Å². The van der Waals surface area contributed by atoms with Crippen LogP contribution < -0.4 is 0 Å². The Kier molecular flexibility index (Phi) is 1.88. The third-order valence-electron chi connectivity index (χ3n) is 2.38. The topological polar surface area (TPSA) is 34.1 Å². The molecule has 2 heteroatoms. The van der Waals surface area contributed by atoms with E-state index in [-0.39, 0.29) is 23.4 Å². The van der Waals surface area contributed by atoms with Gasteiger partial charge in [-0.3, -0.25) is 9.59 Å². The van der Waals surface area contributed by atoms with E-state index in [0.717, 1.165) is 0 Å². The van der Waals surface area contributed by atoms with E-state index in [4.69, 9.17) is 0 Å². The summed E-state index contributed by atoms with van der Waals surface area (Å²) in [5.41, 5.74) is 0. The van der Waals surface area contributed by atoms with E-state index in [1.807, 2.05) is 13.8 Å². The first-order chi connectivity index (χ1) is 4.63. The number of hydrogen-bond acceptors (Lipinski definition) is 2. The molecule has 2 atom stereocenters. The van der Waals surface area contributed by atoms with Crippen LogP contribution >= 0.6 is 0 Å². The Morgan fingerprint density at radius 3 is 1.60 bits per heavy atom. The molecule has 0 spiro atoms. The maximum absolute atomic E-state index is 11.0. The summed E-state index contributed by atoms with van der Waals surface area (Å²) >= 11 is 0. The van der Waals surface area contributed by atoms with Crippen LogP contribution in [0.15, 0.2) is 0 Å². The van der Waals surface area contributed by atoms with Crippen LogP contribution in [0.1, 0.15) is 26.7 Å². The smallest absolute Gasteiger partial charge is 0.136 e. The molecule has 10 heavy (non-hydrogen) atoms. The van der Waals surface area contributed by atoms with Crippen LogP contribution in [0.3, 0.4) is 0 Å². The van der Waals surface area contributed by atoms with Crippen LogP contribution in [0.2, 0.25) is 0 Å². The van der Waals surface area contributed by atoms with Crippen LogP contribution in [-0.4, -0.2) is 11.6 Å². The highest BCUT2D eigenvalue weighted by Gasteiger charge is 2.30. The van der Waals surface area contributed by atoms with E-state index in [0.29, 0.717) is 12.8 Å². The standard InChI is InChI=1S/C8H12O2/c1-5-6(2)8(10)4-3-7(5)9/h5-6H,3-4H2,1-2H3. The normalized spacial score (nSPS) is 34.6. The van der Waals surface area contributed by atoms with E-state index in [9.17, 15) is 9.59 Å². The first-order valence-electron chi connectivity index (χ1n) is 3.68. The van der Waals surface area contributed by atoms with Gasteiger partial charge in [0.25, 0.3) is 0 Å². The number of carbonyl (C=O) groups is 2. The minimum absolute atomic E-state index is 0.0405. The number of hydrogen-bond donors (Lipinski definition) is 0. The van der Waals surface area contributed by atoms with Gasteiger partial charge in [-0.1, -0.05) is 13.8 Å². The van der Waals surface area contributed by atoms with Crippen molar-refractivity contribution in [3.05, 3.63) is 0 Å². The average Bonchev–Trinajstić information content (AvgIpc) is 1.93. The van der Waals surface area contributed by atoms with E-state index in [1.165, 1.54) is 0 Å². The van der Waals surface area contributed by atoms with Gasteiger partial charge in [0.1, 0.15) is 11.6 Å². The first kappa shape index (κ1) is 7.45. The quantitative estimate of drug-likeness (QED) is 0.506. The molecule has 56 valence electrons. The van der Waals surface area contributed by atoms with Gasteiger partial charge >= 0.3 is 0 Å². The van der Waals surface area contributed by atoms with Gasteiger partial charge in [-0.15, -0.1) is 0 Å². The highest BCUT2D eigenvalue weighted by Crippen LogP contribution is 2.22. The van der Waals surface area contributed by atoms with Gasteiger partial charge in [-0.25, -0.2) is 0 Å². The first-order valence-corrected chi connectivity index (χ1v) is 3.68. The molecule has 0 bridgehead atoms. The fourth-order valence-electron chi connectivity index (χ4n) is 1.26. The average molecular weight is 140 g/mol. The zero-order valence-electron chi connectivity index (χ0n) is 6.39. The Morgan fingerprint density at radius 1 is 1.00 bits per heavy atom. The van der Waals surface area contributed by atoms with Crippen LogP contribution in [0, 0.1) is 11.8 Å². The van der Waals surface area contributed by atoms with Gasteiger partial charge in [-0.2, -0.15) is 0 Å². The minimum atomic E-state index is -0.0405. The Morgan fingerprint density at radius 2 is 1.30 bits per heavy atom. The van der Waals surface area contributed by atoms with E-state index >= 15 is 0 Å². The van der Waals surface area contributed by atoms with Crippen molar-refractivity contribution in [3.8, 4) is 0 Å². The molecule has 1 saturated carbocycles. The largest absolute Gasteiger partial charge is 0.299 e. The Labute approximate surface area is 60.6 Å². The molecule has 0 heterocycles. The molecule has 0 aromatic heterocycles. The predicted octanol–water partition coefficient (Wildman–Crippen LogP) is 1.19. The van der Waals surface area contributed by atoms with Crippen LogP contribution in [0.25, 0.3) is 0 Å². The molecule has 0 amide bonds. The van der Waals surface area contributed by atoms with E-state index in [2.05, 4.69) is 0 Å². The Bertz CT molecular complexity index is 152. The lowest BCUT2D eigenvalue weighted by atomic mass is 9.80. The zero-order chi connectivity index (χ0) is 7.72. The van der Waals surface area contributed by atoms with Gasteiger partial charge in [0.2, 0.25) is 0 Å². The molecular weight excluding hydrogens is 128 g/mol. The van der Waals surface area contributed by atoms with Gasteiger partial charge in [0.05, 0.1) is 0 Å². The predicted molar refractivity (Wildman–Crippen MR) is 37.6 cm³/mol. The van der Waals surface area contributed by atoms with Crippen LogP contribution in [0.4, 0.5) is 0 Å². The number of rotatable bonds is 0. The lowest BCUT2D eigenvalue weighted by molar-refractivity contribution is -0.136. The van der Waals surface area contributed by atoms with Crippen molar-refractivity contribution < 1.29 is 9.59 Å². The monoisotopic (exact) mass is 140 g/mol. The second-order valence-electron chi connectivity index (χ2n) is 3.01. The molecule has 0 N–H and O–H groups in total. The Balaban J connectivity index is 2.69. The maximum atomic E-state index is 11.0. The molecule has 1 fully saturated rings. The highest BCUT2D eigenvalue weighted by molar-refractivity contribution is 5.95. The minimum Gasteiger partial charge on any atom is -0.299 e. The van der Waals surface area contributed by atoms with Crippen molar-refractivity contribution in [1.29, 1.82) is 0 Å². The third kappa shape index (κ3) is 1.11. The summed E-state index contributed by atoms with van der Waals surface area (Å²) in [7, 11) is 0. The summed E-state index contributed by atoms with van der Waals surface area (Å²) in [4.78, 5) is 22.0. The van der Waals surface area contributed by atoms with Crippen molar-refractivity contribution in [2.75, 3.05) is 0 Å². The van der Waals surface area contributed by atoms with Gasteiger partial charge in [0, 0.05) is 24.7 Å². The van der Waals surface area contributed by atoms with Crippen molar-refractivity contribution >= 4 is 11.6 Å². The van der Waals surface area contributed by atoms with Crippen molar-refractivity contribution in [1.82, 2.24) is 0 Å². The molecular formula is C8H12O2. The summed E-state index contributed by atoms with van der Waals surface area (Å²) in [5.74, 6) is 0.404. The number of ketones is 2. The zero-order valence-corrected chi connectivity index (χ0v) is 6.39. The van der Waals surface area contributed by atoms with Crippen LogP contribution in [0.5, 0.6) is 0 Å². The molecule has 0 aromatic rings. The molecule has 0 saturated heterocycles. The molecule has 0 radical (unpaired) electrons. The van der Waals surface area contributed by atoms with Crippen molar-refractivity contribution in [2.45, 2.75) is 26.7 Å². The van der Waals surface area contributed by atoms with Crippen molar-refractivity contribution in [3.63, 3.8) is 0 Å². The fraction of sp³-hybridized carbons (Fsp3) is 0.750. The van der Waals surface area contributed by atoms with Gasteiger partial charge < -0.3 is 0 Å². The summed E-state index contributed by atoms with van der Waals surface area (Å²) in [6.45, 7) is 3.67. The fourth-order valence-corrected chi connectivity index (χ4v) is 1.26. The molecule has 2 unspecified atom stereocenters. The molecule has 1 aliphatic rings. The molecule has 1 rings (SSSR count). The summed E-state index contributed by atoms with van der Waals surface area (Å²) in [5, 5.41) is 0. The number of carbonyl (C=O) groups excluding carboxylic acids is 2. The summed E-state index contributed by atoms with van der Waals surface area (Å²) in [6, 6.07) is 0. The second kappa shape index (κ2) is 2.52. The third-order valence-corrected chi connectivity index (χ3v) is 2.38. The second-order valence-corrected chi connectivity index (χ2v) is 3.01. The molecule has 1 aliphatic carbocycles. The molecule has 0 aromatic carbocycles. The summed E-state index contributed by atoms with van der Waals surface area (Å²) in [6.07, 6.45) is 0.925. The Hall–Kier alpha value is -0.660. The maximum Gasteiger partial charge on any atom is 0.136 e. The van der Waals surface area contributed by atoms with Crippen molar-refractivity contribution in [2.24, 2.45) is 11.8 Å². The summed E-state index contributed by atoms with van der Waals surface area (Å²) < 4.78 is 0. The lowest BCUT2D eigenvalue weighted by Gasteiger charge is -2.22. The van der Waals surface area contributed by atoms with E-state index < -0.39 is 0 Å². The highest BCUT2D eigenvalue weighted by atomic mass is 16.1. The molecule has 2 nitrogen and oxygen atoms in total. The van der Waals surface area contributed by atoms with Gasteiger partial charge in [-0.05, 0) is 0 Å². The lowest BCUT2D eigenvalue weighted by Crippen LogP contribution is -2.31. The van der Waals surface area contributed by atoms with E-state index in [1.54, 1.807) is 0 Å². The SMILES string of the molecule is CC1C(=O)CCC(=O)C1C. The number of Topliss-reactive ketones (excluding diaryl/α,β-unsaturated/α-hetero) is 2.